The van der Waals surface area contributed by atoms with Crippen molar-refractivity contribution >= 4 is 17.5 Å². The number of nitrogens with zero attached hydrogens (tertiary/aromatic N) is 4. The fourth-order valence-corrected chi connectivity index (χ4v) is 3.72. The Hall–Kier alpha value is -2.74. The van der Waals surface area contributed by atoms with E-state index in [1.807, 2.05) is 12.1 Å². The summed E-state index contributed by atoms with van der Waals surface area (Å²) in [5.74, 6) is 0.553. The van der Waals surface area contributed by atoms with Gasteiger partial charge in [0.2, 0.25) is 0 Å². The van der Waals surface area contributed by atoms with E-state index in [0.717, 1.165) is 24.2 Å². The molecule has 27 heavy (non-hydrogen) atoms. The van der Waals surface area contributed by atoms with E-state index in [1.54, 1.807) is 12.4 Å². The van der Waals surface area contributed by atoms with Crippen LogP contribution in [0.2, 0.25) is 0 Å². The second-order valence-corrected chi connectivity index (χ2v) is 7.15. The zero-order valence-corrected chi connectivity index (χ0v) is 15.4. The fourth-order valence-electron chi connectivity index (χ4n) is 2.84. The van der Waals surface area contributed by atoms with Crippen LogP contribution in [0.3, 0.4) is 0 Å². The smallest absolute Gasteiger partial charge is 0.192 e. The van der Waals surface area contributed by atoms with Gasteiger partial charge in [-0.15, -0.1) is 10.2 Å². The lowest BCUT2D eigenvalue weighted by Crippen LogP contribution is -2.07. The number of pyridine rings is 1. The Morgan fingerprint density at radius 3 is 2.89 bits per heavy atom. The molecule has 1 fully saturated rings. The molecule has 6 nitrogen and oxygen atoms in total. The predicted molar refractivity (Wildman–Crippen MR) is 99.5 cm³/mol. The van der Waals surface area contributed by atoms with Gasteiger partial charge in [-0.05, 0) is 43.2 Å². The van der Waals surface area contributed by atoms with Crippen LogP contribution in [0.4, 0.5) is 4.39 Å². The van der Waals surface area contributed by atoms with Gasteiger partial charge < -0.3 is 4.74 Å². The number of ether oxygens (including phenoxy) is 1. The zero-order valence-electron chi connectivity index (χ0n) is 14.6. The van der Waals surface area contributed by atoms with Gasteiger partial charge in [0.15, 0.2) is 16.8 Å². The van der Waals surface area contributed by atoms with Crippen molar-refractivity contribution in [1.29, 1.82) is 0 Å². The summed E-state index contributed by atoms with van der Waals surface area (Å²) in [6.07, 6.45) is 5.58. The summed E-state index contributed by atoms with van der Waals surface area (Å²) < 4.78 is 20.8. The molecule has 0 radical (unpaired) electrons. The van der Waals surface area contributed by atoms with Crippen molar-refractivity contribution in [3.63, 3.8) is 0 Å². The second-order valence-electron chi connectivity index (χ2n) is 6.21. The number of carbonyl (C=O) groups is 1. The number of halogens is 1. The van der Waals surface area contributed by atoms with Crippen LogP contribution in [0, 0.1) is 5.82 Å². The molecule has 0 bridgehead atoms. The second kappa shape index (κ2) is 7.48. The normalized spacial score (nSPS) is 13.6. The molecule has 1 aromatic carbocycles. The third-order valence-electron chi connectivity index (χ3n) is 4.29. The lowest BCUT2D eigenvalue weighted by atomic mass is 10.1. The third-order valence-corrected chi connectivity index (χ3v) is 5.23. The molecule has 4 rings (SSSR count). The van der Waals surface area contributed by atoms with Crippen molar-refractivity contribution in [1.82, 2.24) is 19.7 Å². The van der Waals surface area contributed by atoms with E-state index < -0.39 is 5.82 Å². The number of hydrogen-bond acceptors (Lipinski definition) is 6. The quantitative estimate of drug-likeness (QED) is 0.456. The molecule has 3 aromatic rings. The minimum absolute atomic E-state index is 0.123. The molecule has 1 saturated carbocycles. The van der Waals surface area contributed by atoms with E-state index in [1.165, 1.54) is 37.1 Å². The summed E-state index contributed by atoms with van der Waals surface area (Å²) >= 11 is 1.30. The van der Waals surface area contributed by atoms with Crippen molar-refractivity contribution in [3.8, 4) is 17.1 Å². The molecule has 0 unspecified atom stereocenters. The van der Waals surface area contributed by atoms with Crippen LogP contribution in [0.25, 0.3) is 11.4 Å². The molecule has 1 aliphatic carbocycles. The Balaban J connectivity index is 1.56. The molecular formula is C19H17FN4O2S. The van der Waals surface area contributed by atoms with Crippen LogP contribution in [0.1, 0.15) is 29.2 Å². The highest BCUT2D eigenvalue weighted by Gasteiger charge is 2.30. The highest BCUT2D eigenvalue weighted by atomic mass is 32.2. The van der Waals surface area contributed by atoms with Crippen molar-refractivity contribution in [2.45, 2.75) is 24.0 Å². The molecular weight excluding hydrogens is 367 g/mol. The number of methoxy groups -OCH3 is 1. The maximum atomic E-state index is 13.5. The largest absolute Gasteiger partial charge is 0.496 e. The molecule has 1 aliphatic rings. The number of hydrogen-bond donors (Lipinski definition) is 0. The van der Waals surface area contributed by atoms with Crippen LogP contribution in [0.5, 0.6) is 5.75 Å². The van der Waals surface area contributed by atoms with Gasteiger partial charge in [0, 0.05) is 24.0 Å². The SMILES string of the molecule is COc1ccc(F)cc1C(=O)CSc1nnc(-c2cccnc2)n1C1CC1. The number of benzene rings is 1. The molecule has 2 heterocycles. The molecule has 0 atom stereocenters. The number of Topliss-reactive ketones (excluding diaryl/α,β-unsaturated/α-hetero) is 1. The first-order valence-electron chi connectivity index (χ1n) is 8.52. The van der Waals surface area contributed by atoms with Gasteiger partial charge in [0.05, 0.1) is 18.4 Å². The third kappa shape index (κ3) is 3.71. The average Bonchev–Trinajstić information content (AvgIpc) is 3.45. The molecule has 0 amide bonds. The summed E-state index contributed by atoms with van der Waals surface area (Å²) in [7, 11) is 1.46. The predicted octanol–water partition coefficient (Wildman–Crippen LogP) is 3.80. The summed E-state index contributed by atoms with van der Waals surface area (Å²) in [5, 5.41) is 9.25. The van der Waals surface area contributed by atoms with Crippen molar-refractivity contribution in [2.24, 2.45) is 0 Å². The summed E-state index contributed by atoms with van der Waals surface area (Å²) in [4.78, 5) is 16.7. The van der Waals surface area contributed by atoms with Crippen LogP contribution in [0.15, 0.2) is 47.9 Å². The van der Waals surface area contributed by atoms with Gasteiger partial charge in [-0.3, -0.25) is 14.3 Å². The van der Waals surface area contributed by atoms with Crippen molar-refractivity contribution in [2.75, 3.05) is 12.9 Å². The van der Waals surface area contributed by atoms with Crippen LogP contribution >= 0.6 is 11.8 Å². The van der Waals surface area contributed by atoms with Crippen molar-refractivity contribution < 1.29 is 13.9 Å². The lowest BCUT2D eigenvalue weighted by molar-refractivity contribution is 0.101. The Bertz CT molecular complexity index is 973. The fraction of sp³-hybridized carbons (Fsp3) is 0.263. The topological polar surface area (TPSA) is 69.9 Å². The highest BCUT2D eigenvalue weighted by Crippen LogP contribution is 2.41. The molecule has 0 saturated heterocycles. The van der Waals surface area contributed by atoms with Gasteiger partial charge in [-0.25, -0.2) is 4.39 Å². The van der Waals surface area contributed by atoms with Crippen LogP contribution in [-0.2, 0) is 0 Å². The maximum Gasteiger partial charge on any atom is 0.192 e. The lowest BCUT2D eigenvalue weighted by Gasteiger charge is -2.09. The van der Waals surface area contributed by atoms with E-state index in [0.29, 0.717) is 16.9 Å². The van der Waals surface area contributed by atoms with Gasteiger partial charge in [0.25, 0.3) is 0 Å². The molecule has 0 aliphatic heterocycles. The Kier molecular flexibility index (Phi) is 4.89. The molecule has 0 N–H and O–H groups in total. The summed E-state index contributed by atoms with van der Waals surface area (Å²) in [5.41, 5.74) is 1.12. The molecule has 8 heteroatoms. The number of carbonyl (C=O) groups excluding carboxylic acids is 1. The first-order chi connectivity index (χ1) is 13.2. The molecule has 138 valence electrons. The van der Waals surface area contributed by atoms with E-state index in [9.17, 15) is 9.18 Å². The summed E-state index contributed by atoms with van der Waals surface area (Å²) in [6.45, 7) is 0. The summed E-state index contributed by atoms with van der Waals surface area (Å²) in [6, 6.07) is 8.07. The monoisotopic (exact) mass is 384 g/mol. The minimum Gasteiger partial charge on any atom is -0.496 e. The molecule has 0 spiro atoms. The Morgan fingerprint density at radius 2 is 2.19 bits per heavy atom. The Labute approximate surface area is 159 Å². The first-order valence-corrected chi connectivity index (χ1v) is 9.51. The van der Waals surface area contributed by atoms with Crippen molar-refractivity contribution in [3.05, 3.63) is 54.1 Å². The zero-order chi connectivity index (χ0) is 18.8. The minimum atomic E-state index is -0.468. The standard InChI is InChI=1S/C19H17FN4O2S/c1-26-17-7-4-13(20)9-15(17)16(25)11-27-19-23-22-18(24(19)14-5-6-14)12-3-2-8-21-10-12/h2-4,7-10,14H,5-6,11H2,1H3. The van der Waals surface area contributed by atoms with Gasteiger partial charge in [-0.2, -0.15) is 0 Å². The van der Waals surface area contributed by atoms with E-state index in [-0.39, 0.29) is 17.1 Å². The average molecular weight is 384 g/mol. The number of aromatic nitrogens is 4. The van der Waals surface area contributed by atoms with E-state index in [4.69, 9.17) is 4.74 Å². The highest BCUT2D eigenvalue weighted by molar-refractivity contribution is 7.99. The number of thioether (sulfide) groups is 1. The maximum absolute atomic E-state index is 13.5. The van der Waals surface area contributed by atoms with E-state index in [2.05, 4.69) is 19.7 Å². The van der Waals surface area contributed by atoms with Gasteiger partial charge in [0.1, 0.15) is 11.6 Å². The number of rotatable bonds is 7. The molecule has 2 aromatic heterocycles. The number of ketones is 1. The van der Waals surface area contributed by atoms with Gasteiger partial charge in [-0.1, -0.05) is 11.8 Å². The van der Waals surface area contributed by atoms with E-state index >= 15 is 0 Å². The van der Waals surface area contributed by atoms with Gasteiger partial charge >= 0.3 is 0 Å². The first kappa shape index (κ1) is 17.7. The van der Waals surface area contributed by atoms with Crippen LogP contribution in [-0.4, -0.2) is 38.4 Å². The van der Waals surface area contributed by atoms with Crippen LogP contribution < -0.4 is 4.74 Å². The Morgan fingerprint density at radius 1 is 1.33 bits per heavy atom.